The minimum Gasteiger partial charge on any atom is -0.481 e. The number of methoxy groups -OCH3 is 1. The molecular formula is C17H29N3O3. The fourth-order valence-electron chi connectivity index (χ4n) is 1.97. The fourth-order valence-corrected chi connectivity index (χ4v) is 1.97. The van der Waals surface area contributed by atoms with Crippen molar-refractivity contribution >= 4 is 6.09 Å². The van der Waals surface area contributed by atoms with Crippen molar-refractivity contribution in [2.45, 2.75) is 46.3 Å². The molecule has 0 aromatic carbocycles. The summed E-state index contributed by atoms with van der Waals surface area (Å²) in [5.74, 6) is 0.615. The lowest BCUT2D eigenvalue weighted by molar-refractivity contribution is 0.0258. The number of hydrogen-bond donors (Lipinski definition) is 1. The Labute approximate surface area is 139 Å². The molecule has 0 spiro atoms. The number of rotatable bonds is 8. The third-order valence-electron chi connectivity index (χ3n) is 3.15. The maximum Gasteiger partial charge on any atom is 0.410 e. The van der Waals surface area contributed by atoms with Crippen LogP contribution in [0.3, 0.4) is 0 Å². The van der Waals surface area contributed by atoms with Crippen molar-refractivity contribution in [1.29, 1.82) is 0 Å². The number of amides is 1. The Kier molecular flexibility index (Phi) is 7.81. The fraction of sp³-hybridized carbons (Fsp3) is 0.647. The smallest absolute Gasteiger partial charge is 0.410 e. The van der Waals surface area contributed by atoms with Crippen molar-refractivity contribution < 1.29 is 14.3 Å². The highest BCUT2D eigenvalue weighted by atomic mass is 16.6. The van der Waals surface area contributed by atoms with E-state index in [1.165, 1.54) is 0 Å². The second-order valence-electron chi connectivity index (χ2n) is 6.30. The maximum absolute atomic E-state index is 12.0. The molecule has 0 bridgehead atoms. The molecule has 1 N–H and O–H groups in total. The highest BCUT2D eigenvalue weighted by Gasteiger charge is 2.20. The van der Waals surface area contributed by atoms with Crippen LogP contribution in [0.2, 0.25) is 0 Å². The first-order chi connectivity index (χ1) is 10.9. The van der Waals surface area contributed by atoms with Crippen LogP contribution in [0.15, 0.2) is 18.3 Å². The van der Waals surface area contributed by atoms with E-state index in [2.05, 4.69) is 10.3 Å². The van der Waals surface area contributed by atoms with Gasteiger partial charge in [0.25, 0.3) is 0 Å². The Morgan fingerprint density at radius 3 is 2.61 bits per heavy atom. The molecule has 130 valence electrons. The van der Waals surface area contributed by atoms with Crippen molar-refractivity contribution in [3.05, 3.63) is 23.9 Å². The van der Waals surface area contributed by atoms with E-state index in [1.54, 1.807) is 18.2 Å². The van der Waals surface area contributed by atoms with Gasteiger partial charge in [0.1, 0.15) is 5.60 Å². The van der Waals surface area contributed by atoms with Gasteiger partial charge in [-0.25, -0.2) is 9.78 Å². The molecular weight excluding hydrogens is 294 g/mol. The van der Waals surface area contributed by atoms with Crippen molar-refractivity contribution in [1.82, 2.24) is 15.2 Å². The van der Waals surface area contributed by atoms with Gasteiger partial charge in [0.05, 0.1) is 7.11 Å². The lowest BCUT2D eigenvalue weighted by atomic mass is 10.2. The first kappa shape index (κ1) is 19.2. The van der Waals surface area contributed by atoms with E-state index in [-0.39, 0.29) is 6.09 Å². The Morgan fingerprint density at radius 2 is 2.09 bits per heavy atom. The zero-order valence-corrected chi connectivity index (χ0v) is 14.9. The summed E-state index contributed by atoms with van der Waals surface area (Å²) in [7, 11) is 1.60. The van der Waals surface area contributed by atoms with Crippen LogP contribution >= 0.6 is 0 Å². The molecule has 23 heavy (non-hydrogen) atoms. The third-order valence-corrected chi connectivity index (χ3v) is 3.15. The minimum atomic E-state index is -0.454. The number of hydrogen-bond acceptors (Lipinski definition) is 5. The summed E-state index contributed by atoms with van der Waals surface area (Å²) < 4.78 is 10.4. The predicted molar refractivity (Wildman–Crippen MR) is 90.6 cm³/mol. The van der Waals surface area contributed by atoms with E-state index in [9.17, 15) is 4.79 Å². The van der Waals surface area contributed by atoms with Crippen LogP contribution in [0.5, 0.6) is 5.88 Å². The molecule has 6 heteroatoms. The van der Waals surface area contributed by atoms with Crippen LogP contribution in [0.1, 0.15) is 39.7 Å². The molecule has 0 aliphatic carbocycles. The lowest BCUT2D eigenvalue weighted by Gasteiger charge is -2.26. The first-order valence-electron chi connectivity index (χ1n) is 8.03. The van der Waals surface area contributed by atoms with Crippen LogP contribution in [0.25, 0.3) is 0 Å². The molecule has 1 heterocycles. The van der Waals surface area contributed by atoms with Gasteiger partial charge in [-0.3, -0.25) is 0 Å². The Balaban J connectivity index is 2.25. The molecule has 0 atom stereocenters. The highest BCUT2D eigenvalue weighted by molar-refractivity contribution is 5.68. The largest absolute Gasteiger partial charge is 0.481 e. The van der Waals surface area contributed by atoms with Crippen LogP contribution in [0, 0.1) is 0 Å². The third kappa shape index (κ3) is 7.83. The molecule has 0 aliphatic rings. The molecule has 1 aromatic rings. The predicted octanol–water partition coefficient (Wildman–Crippen LogP) is 2.83. The molecule has 0 fully saturated rings. The van der Waals surface area contributed by atoms with E-state index < -0.39 is 5.60 Å². The van der Waals surface area contributed by atoms with E-state index in [0.29, 0.717) is 19.0 Å². The van der Waals surface area contributed by atoms with Gasteiger partial charge in [0, 0.05) is 31.9 Å². The number of nitrogens with zero attached hydrogens (tertiary/aromatic N) is 2. The molecule has 0 unspecified atom stereocenters. The summed E-state index contributed by atoms with van der Waals surface area (Å²) in [4.78, 5) is 17.9. The lowest BCUT2D eigenvalue weighted by Crippen LogP contribution is -2.38. The molecule has 1 amide bonds. The number of carbonyl (C=O) groups is 1. The summed E-state index contributed by atoms with van der Waals surface area (Å²) in [5.41, 5.74) is 0.648. The molecule has 1 aromatic heterocycles. The second kappa shape index (κ2) is 9.35. The molecule has 0 aliphatic heterocycles. The van der Waals surface area contributed by atoms with E-state index in [0.717, 1.165) is 25.1 Å². The molecule has 0 saturated heterocycles. The standard InChI is InChI=1S/C17H29N3O3/c1-6-20(16(21)23-17(2,3)4)11-7-10-18-12-14-8-9-15(22-5)19-13-14/h8-9,13,18H,6-7,10-12H2,1-5H3. The topological polar surface area (TPSA) is 63.7 Å². The Hall–Kier alpha value is -1.82. The first-order valence-corrected chi connectivity index (χ1v) is 8.03. The van der Waals surface area contributed by atoms with E-state index >= 15 is 0 Å². The normalized spacial score (nSPS) is 11.2. The average molecular weight is 323 g/mol. The average Bonchev–Trinajstić information content (AvgIpc) is 2.49. The van der Waals surface area contributed by atoms with Crippen LogP contribution in [0.4, 0.5) is 4.79 Å². The van der Waals surface area contributed by atoms with Crippen molar-refractivity contribution in [3.8, 4) is 5.88 Å². The Bertz CT molecular complexity index is 469. The summed E-state index contributed by atoms with van der Waals surface area (Å²) in [6.45, 7) is 10.5. The van der Waals surface area contributed by atoms with Gasteiger partial charge in [-0.1, -0.05) is 6.07 Å². The van der Waals surface area contributed by atoms with Gasteiger partial charge in [-0.15, -0.1) is 0 Å². The van der Waals surface area contributed by atoms with Crippen molar-refractivity contribution in [2.75, 3.05) is 26.7 Å². The zero-order valence-electron chi connectivity index (χ0n) is 14.9. The van der Waals surface area contributed by atoms with Gasteiger partial charge in [0.15, 0.2) is 0 Å². The van der Waals surface area contributed by atoms with Crippen LogP contribution in [-0.2, 0) is 11.3 Å². The summed E-state index contributed by atoms with van der Waals surface area (Å²) in [6, 6.07) is 3.83. The van der Waals surface area contributed by atoms with Gasteiger partial charge >= 0.3 is 6.09 Å². The zero-order chi connectivity index (χ0) is 17.3. The molecule has 0 radical (unpaired) electrons. The van der Waals surface area contributed by atoms with Gasteiger partial charge in [-0.05, 0) is 46.2 Å². The monoisotopic (exact) mass is 323 g/mol. The van der Waals surface area contributed by atoms with Gasteiger partial charge in [0.2, 0.25) is 5.88 Å². The van der Waals surface area contributed by atoms with Gasteiger partial charge < -0.3 is 19.7 Å². The minimum absolute atomic E-state index is 0.251. The van der Waals surface area contributed by atoms with Crippen molar-refractivity contribution in [3.63, 3.8) is 0 Å². The quantitative estimate of drug-likeness (QED) is 0.745. The van der Waals surface area contributed by atoms with Crippen LogP contribution in [-0.4, -0.2) is 48.3 Å². The second-order valence-corrected chi connectivity index (χ2v) is 6.30. The molecule has 1 rings (SSSR count). The molecule has 6 nitrogen and oxygen atoms in total. The van der Waals surface area contributed by atoms with Gasteiger partial charge in [-0.2, -0.15) is 0 Å². The maximum atomic E-state index is 12.0. The number of aromatic nitrogens is 1. The van der Waals surface area contributed by atoms with Crippen molar-refractivity contribution in [2.24, 2.45) is 0 Å². The van der Waals surface area contributed by atoms with E-state index in [1.807, 2.05) is 39.8 Å². The number of pyridine rings is 1. The molecule has 0 saturated carbocycles. The Morgan fingerprint density at radius 1 is 1.35 bits per heavy atom. The summed E-state index contributed by atoms with van der Waals surface area (Å²) in [5, 5.41) is 3.35. The summed E-state index contributed by atoms with van der Waals surface area (Å²) in [6.07, 6.45) is 2.42. The van der Waals surface area contributed by atoms with E-state index in [4.69, 9.17) is 9.47 Å². The highest BCUT2D eigenvalue weighted by Crippen LogP contribution is 2.10. The number of nitrogens with one attached hydrogen (secondary N) is 1. The van der Waals surface area contributed by atoms with Crippen LogP contribution < -0.4 is 10.1 Å². The number of carbonyl (C=O) groups excluding carboxylic acids is 1. The summed E-state index contributed by atoms with van der Waals surface area (Å²) >= 11 is 0. The SMILES string of the molecule is CCN(CCCNCc1ccc(OC)nc1)C(=O)OC(C)(C)C. The number of ether oxygens (including phenoxy) is 2.